The van der Waals surface area contributed by atoms with Gasteiger partial charge in [0.2, 0.25) is 0 Å². The second-order valence-electron chi connectivity index (χ2n) is 3.62. The maximum Gasteiger partial charge on any atom is 0.446 e. The molecule has 0 saturated heterocycles. The average Bonchev–Trinajstić information content (AvgIpc) is 2.26. The first-order valence-electron chi connectivity index (χ1n) is 4.94. The Hall–Kier alpha value is -0.630. The van der Waals surface area contributed by atoms with E-state index in [1.807, 2.05) is 0 Å². The minimum atomic E-state index is -4.64. The summed E-state index contributed by atoms with van der Waals surface area (Å²) in [7, 11) is 0. The molecule has 0 aliphatic rings. The Balaban J connectivity index is 3.19. The second kappa shape index (κ2) is 6.21. The van der Waals surface area contributed by atoms with Crippen molar-refractivity contribution in [2.45, 2.75) is 28.6 Å². The summed E-state index contributed by atoms with van der Waals surface area (Å²) in [5.74, 6) is -0.323. The van der Waals surface area contributed by atoms with Crippen LogP contribution in [0.3, 0.4) is 0 Å². The van der Waals surface area contributed by atoms with Gasteiger partial charge in [-0.1, -0.05) is 22.0 Å². The largest absolute Gasteiger partial charge is 0.446 e. The van der Waals surface area contributed by atoms with E-state index in [9.17, 15) is 26.7 Å². The lowest BCUT2D eigenvalue weighted by molar-refractivity contribution is -0.116. The Morgan fingerprint density at radius 2 is 1.89 bits per heavy atom. The molecule has 19 heavy (non-hydrogen) atoms. The van der Waals surface area contributed by atoms with Crippen molar-refractivity contribution in [1.82, 2.24) is 0 Å². The van der Waals surface area contributed by atoms with Crippen molar-refractivity contribution in [3.8, 4) is 0 Å². The first kappa shape index (κ1) is 16.4. The van der Waals surface area contributed by atoms with E-state index in [0.29, 0.717) is 0 Å². The van der Waals surface area contributed by atoms with Gasteiger partial charge in [-0.2, -0.15) is 13.2 Å². The third kappa shape index (κ3) is 4.76. The van der Waals surface area contributed by atoms with E-state index in [0.717, 1.165) is 12.1 Å². The van der Waals surface area contributed by atoms with E-state index in [2.05, 4.69) is 15.9 Å². The summed E-state index contributed by atoms with van der Waals surface area (Å²) in [6.07, 6.45) is -3.04. The molecule has 0 fully saturated rings. The first-order valence-corrected chi connectivity index (χ1v) is 6.67. The molecule has 0 bridgehead atoms. The summed E-state index contributed by atoms with van der Waals surface area (Å²) in [5.41, 5.74) is -5.17. The van der Waals surface area contributed by atoms with E-state index >= 15 is 0 Å². The maximum absolute atomic E-state index is 12.8. The number of carbonyl (C=O) groups excluding carboxylic acids is 1. The van der Waals surface area contributed by atoms with Crippen molar-refractivity contribution in [3.63, 3.8) is 0 Å². The van der Waals surface area contributed by atoms with Gasteiger partial charge in [0.1, 0.15) is 5.78 Å². The van der Waals surface area contributed by atoms with Crippen molar-refractivity contribution in [1.29, 1.82) is 0 Å². The quantitative estimate of drug-likeness (QED) is 0.412. The van der Waals surface area contributed by atoms with Crippen LogP contribution in [0.2, 0.25) is 0 Å². The predicted molar refractivity (Wildman–Crippen MR) is 65.7 cm³/mol. The number of ketones is 1. The highest BCUT2D eigenvalue weighted by Gasteiger charge is 2.32. The fraction of sp³-hybridized carbons (Fsp3) is 0.364. The van der Waals surface area contributed by atoms with Crippen LogP contribution in [0.15, 0.2) is 23.1 Å². The number of benzene rings is 1. The number of rotatable bonds is 4. The normalized spacial score (nSPS) is 13.7. The van der Waals surface area contributed by atoms with E-state index < -0.39 is 39.0 Å². The van der Waals surface area contributed by atoms with Gasteiger partial charge in [-0.3, -0.25) is 4.79 Å². The molecular weight excluding hydrogens is 355 g/mol. The maximum atomic E-state index is 12.8. The highest BCUT2D eigenvalue weighted by molar-refractivity contribution is 9.09. The summed E-state index contributed by atoms with van der Waals surface area (Å²) in [4.78, 5) is 9.75. The summed E-state index contributed by atoms with van der Waals surface area (Å²) in [6.45, 7) is 1.25. The SMILES string of the molecule is CC(=O)C(Br)c1ccc(SC(F)(F)F)c(C(F)F)c1. The van der Waals surface area contributed by atoms with Gasteiger partial charge in [0, 0.05) is 10.5 Å². The van der Waals surface area contributed by atoms with E-state index in [-0.39, 0.29) is 11.3 Å². The van der Waals surface area contributed by atoms with Crippen LogP contribution in [-0.4, -0.2) is 11.3 Å². The highest BCUT2D eigenvalue weighted by atomic mass is 79.9. The number of hydrogen-bond acceptors (Lipinski definition) is 2. The zero-order chi connectivity index (χ0) is 14.8. The molecule has 1 unspecified atom stereocenters. The molecule has 0 radical (unpaired) electrons. The van der Waals surface area contributed by atoms with Crippen LogP contribution in [0, 0.1) is 0 Å². The summed E-state index contributed by atoms with van der Waals surface area (Å²) < 4.78 is 62.2. The third-order valence-corrected chi connectivity index (χ3v) is 4.14. The van der Waals surface area contributed by atoms with E-state index in [4.69, 9.17) is 0 Å². The predicted octanol–water partition coefficient (Wildman–Crippen LogP) is 5.26. The van der Waals surface area contributed by atoms with Crippen LogP contribution in [0.5, 0.6) is 0 Å². The average molecular weight is 363 g/mol. The molecule has 0 aliphatic heterocycles. The van der Waals surface area contributed by atoms with Gasteiger partial charge < -0.3 is 0 Å². The Labute approximate surface area is 118 Å². The van der Waals surface area contributed by atoms with E-state index in [1.165, 1.54) is 13.0 Å². The fourth-order valence-electron chi connectivity index (χ4n) is 1.35. The summed E-state index contributed by atoms with van der Waals surface area (Å²) in [6, 6.07) is 3.09. The van der Waals surface area contributed by atoms with Crippen LogP contribution < -0.4 is 0 Å². The topological polar surface area (TPSA) is 17.1 Å². The number of halogens is 6. The molecule has 0 N–H and O–H groups in total. The van der Waals surface area contributed by atoms with Gasteiger partial charge in [0.15, 0.2) is 0 Å². The molecule has 0 aliphatic carbocycles. The smallest absolute Gasteiger partial charge is 0.298 e. The minimum Gasteiger partial charge on any atom is -0.298 e. The number of thioether (sulfide) groups is 1. The zero-order valence-electron chi connectivity index (χ0n) is 9.47. The molecule has 1 nitrogen and oxygen atoms in total. The van der Waals surface area contributed by atoms with Crippen molar-refractivity contribution in [2.75, 3.05) is 0 Å². The minimum absolute atomic E-state index is 0.203. The Kier molecular flexibility index (Phi) is 5.37. The molecule has 0 spiro atoms. The standard InChI is InChI=1S/C11H8BrF5OS/c1-5(18)9(12)6-2-3-8(19-11(15,16)17)7(4-6)10(13)14/h2-4,9-10H,1H3. The van der Waals surface area contributed by atoms with Crippen molar-refractivity contribution >= 4 is 33.5 Å². The van der Waals surface area contributed by atoms with E-state index in [1.54, 1.807) is 0 Å². The van der Waals surface area contributed by atoms with Gasteiger partial charge in [-0.25, -0.2) is 8.78 Å². The van der Waals surface area contributed by atoms with Gasteiger partial charge in [-0.05, 0) is 36.4 Å². The van der Waals surface area contributed by atoms with Crippen LogP contribution >= 0.6 is 27.7 Å². The molecule has 0 heterocycles. The third-order valence-electron chi connectivity index (χ3n) is 2.14. The molecule has 0 aromatic heterocycles. The van der Waals surface area contributed by atoms with Crippen LogP contribution in [0.25, 0.3) is 0 Å². The Bertz CT molecular complexity index is 475. The molecule has 1 rings (SSSR count). The molecule has 0 saturated carbocycles. The number of alkyl halides is 6. The van der Waals surface area contributed by atoms with Gasteiger partial charge in [-0.15, -0.1) is 0 Å². The highest BCUT2D eigenvalue weighted by Crippen LogP contribution is 2.42. The van der Waals surface area contributed by atoms with Gasteiger partial charge >= 0.3 is 5.51 Å². The Morgan fingerprint density at radius 1 is 1.32 bits per heavy atom. The zero-order valence-corrected chi connectivity index (χ0v) is 11.9. The number of carbonyl (C=O) groups is 1. The first-order chi connectivity index (χ1) is 8.61. The molecule has 1 atom stereocenters. The molecule has 0 amide bonds. The van der Waals surface area contributed by atoms with Crippen LogP contribution in [0.1, 0.15) is 29.3 Å². The van der Waals surface area contributed by atoms with Gasteiger partial charge in [0.05, 0.1) is 4.83 Å². The molecule has 1 aromatic carbocycles. The molecule has 1 aromatic rings. The summed E-state index contributed by atoms with van der Waals surface area (Å²) in [5, 5.41) is 0. The second-order valence-corrected chi connectivity index (χ2v) is 5.64. The van der Waals surface area contributed by atoms with Crippen molar-refractivity contribution in [2.24, 2.45) is 0 Å². The Morgan fingerprint density at radius 3 is 2.32 bits per heavy atom. The molecule has 106 valence electrons. The lowest BCUT2D eigenvalue weighted by atomic mass is 10.1. The lowest BCUT2D eigenvalue weighted by Gasteiger charge is -2.14. The van der Waals surface area contributed by atoms with Crippen LogP contribution in [-0.2, 0) is 4.79 Å². The summed E-state index contributed by atoms with van der Waals surface area (Å²) >= 11 is 2.40. The monoisotopic (exact) mass is 362 g/mol. The molecular formula is C11H8BrF5OS. The number of Topliss-reactive ketones (excluding diaryl/α,β-unsaturated/α-hetero) is 1. The van der Waals surface area contributed by atoms with Crippen LogP contribution in [0.4, 0.5) is 22.0 Å². The van der Waals surface area contributed by atoms with Crippen molar-refractivity contribution in [3.05, 3.63) is 29.3 Å². The van der Waals surface area contributed by atoms with Gasteiger partial charge in [0.25, 0.3) is 6.43 Å². The molecule has 8 heteroatoms. The van der Waals surface area contributed by atoms with Crippen molar-refractivity contribution < 1.29 is 26.7 Å². The fourth-order valence-corrected chi connectivity index (χ4v) is 2.28. The lowest BCUT2D eigenvalue weighted by Crippen LogP contribution is -2.05. The number of hydrogen-bond donors (Lipinski definition) is 0.